The van der Waals surface area contributed by atoms with Gasteiger partial charge in [0, 0.05) is 17.1 Å². The Morgan fingerprint density at radius 3 is 2.50 bits per heavy atom. The second-order valence-electron chi connectivity index (χ2n) is 5.79. The molecule has 0 amide bonds. The summed E-state index contributed by atoms with van der Waals surface area (Å²) in [6.07, 6.45) is 4.08. The van der Waals surface area contributed by atoms with Crippen LogP contribution in [0.15, 0.2) is 28.7 Å². The van der Waals surface area contributed by atoms with E-state index in [0.29, 0.717) is 6.04 Å². The average molecular weight is 339 g/mol. The van der Waals surface area contributed by atoms with Crippen LogP contribution in [0.1, 0.15) is 44.7 Å². The Bertz CT molecular complexity index is 386. The van der Waals surface area contributed by atoms with Gasteiger partial charge in [0.15, 0.2) is 0 Å². The number of hydrogen-bond donors (Lipinski definition) is 1. The molecule has 1 aliphatic carbocycles. The molecule has 0 aliphatic heterocycles. The zero-order valence-corrected chi connectivity index (χ0v) is 14.3. The molecular formula is C17H27BrN2. The van der Waals surface area contributed by atoms with Crippen molar-refractivity contribution in [2.24, 2.45) is 5.92 Å². The van der Waals surface area contributed by atoms with E-state index in [0.717, 1.165) is 16.9 Å². The first kappa shape index (κ1) is 16.0. The normalized spacial score (nSPS) is 16.6. The van der Waals surface area contributed by atoms with E-state index in [1.165, 1.54) is 44.5 Å². The first-order chi connectivity index (χ1) is 9.72. The summed E-state index contributed by atoms with van der Waals surface area (Å²) in [5, 5.41) is 3.62. The van der Waals surface area contributed by atoms with Crippen LogP contribution in [-0.2, 0) is 0 Å². The highest BCUT2D eigenvalue weighted by Crippen LogP contribution is 2.30. The van der Waals surface area contributed by atoms with Gasteiger partial charge in [0.25, 0.3) is 0 Å². The van der Waals surface area contributed by atoms with Crippen molar-refractivity contribution in [1.82, 2.24) is 10.2 Å². The lowest BCUT2D eigenvalue weighted by molar-refractivity contribution is 0.259. The van der Waals surface area contributed by atoms with Crippen LogP contribution >= 0.6 is 15.9 Å². The molecule has 0 heterocycles. The van der Waals surface area contributed by atoms with Crippen molar-refractivity contribution in [2.45, 2.75) is 39.2 Å². The summed E-state index contributed by atoms with van der Waals surface area (Å²) in [5.74, 6) is 0.986. The highest BCUT2D eigenvalue weighted by atomic mass is 79.9. The molecule has 2 rings (SSSR count). The molecule has 0 radical (unpaired) electrons. The summed E-state index contributed by atoms with van der Waals surface area (Å²) in [5.41, 5.74) is 1.40. The van der Waals surface area contributed by atoms with E-state index in [-0.39, 0.29) is 0 Å². The quantitative estimate of drug-likeness (QED) is 0.725. The third-order valence-corrected chi connectivity index (χ3v) is 4.65. The third-order valence-electron chi connectivity index (χ3n) is 4.12. The molecule has 0 bridgehead atoms. The zero-order chi connectivity index (χ0) is 14.4. The predicted octanol–water partition coefficient (Wildman–Crippen LogP) is 4.22. The molecule has 3 heteroatoms. The summed E-state index contributed by atoms with van der Waals surface area (Å²) in [6, 6.07) is 9.22. The fourth-order valence-electron chi connectivity index (χ4n) is 2.68. The van der Waals surface area contributed by atoms with Gasteiger partial charge in [0.05, 0.1) is 0 Å². The van der Waals surface area contributed by atoms with E-state index in [1.807, 2.05) is 0 Å². The summed E-state index contributed by atoms with van der Waals surface area (Å²) < 4.78 is 1.15. The van der Waals surface area contributed by atoms with Gasteiger partial charge in [-0.15, -0.1) is 0 Å². The molecule has 0 saturated heterocycles. The van der Waals surface area contributed by atoms with Gasteiger partial charge in [-0.05, 0) is 62.5 Å². The predicted molar refractivity (Wildman–Crippen MR) is 90.0 cm³/mol. The van der Waals surface area contributed by atoms with Crippen molar-refractivity contribution in [3.8, 4) is 0 Å². The second-order valence-corrected chi connectivity index (χ2v) is 6.70. The molecule has 1 aliphatic rings. The molecule has 1 atom stereocenters. The van der Waals surface area contributed by atoms with Gasteiger partial charge < -0.3 is 10.2 Å². The summed E-state index contributed by atoms with van der Waals surface area (Å²) in [7, 11) is 0. The summed E-state index contributed by atoms with van der Waals surface area (Å²) >= 11 is 3.51. The van der Waals surface area contributed by atoms with Crippen molar-refractivity contribution < 1.29 is 0 Å². The Labute approximate surface area is 132 Å². The molecule has 1 unspecified atom stereocenters. The largest absolute Gasteiger partial charge is 0.310 e. The molecule has 1 aromatic carbocycles. The van der Waals surface area contributed by atoms with Crippen LogP contribution in [0, 0.1) is 5.92 Å². The lowest BCUT2D eigenvalue weighted by Gasteiger charge is -2.25. The Balaban J connectivity index is 1.88. The lowest BCUT2D eigenvalue weighted by Crippen LogP contribution is -2.31. The van der Waals surface area contributed by atoms with Crippen molar-refractivity contribution in [3.05, 3.63) is 34.3 Å². The van der Waals surface area contributed by atoms with Crippen LogP contribution in [0.3, 0.4) is 0 Å². The van der Waals surface area contributed by atoms with Crippen LogP contribution in [0.4, 0.5) is 0 Å². The molecule has 0 spiro atoms. The van der Waals surface area contributed by atoms with E-state index < -0.39 is 0 Å². The SMILES string of the molecule is CCNC(CCN(CC)CC1CC1)c1ccc(Br)cc1. The summed E-state index contributed by atoms with van der Waals surface area (Å²) in [4.78, 5) is 2.61. The van der Waals surface area contributed by atoms with E-state index in [2.05, 4.69) is 64.3 Å². The number of rotatable bonds is 9. The van der Waals surface area contributed by atoms with Crippen molar-refractivity contribution in [2.75, 3.05) is 26.2 Å². The molecule has 1 fully saturated rings. The highest BCUT2D eigenvalue weighted by molar-refractivity contribution is 9.10. The van der Waals surface area contributed by atoms with E-state index >= 15 is 0 Å². The average Bonchev–Trinajstić information content (AvgIpc) is 3.27. The van der Waals surface area contributed by atoms with Gasteiger partial charge in [-0.2, -0.15) is 0 Å². The summed E-state index contributed by atoms with van der Waals surface area (Å²) in [6.45, 7) is 9.17. The van der Waals surface area contributed by atoms with Crippen molar-refractivity contribution >= 4 is 15.9 Å². The molecule has 1 aromatic rings. The van der Waals surface area contributed by atoms with Crippen molar-refractivity contribution in [1.29, 1.82) is 0 Å². The van der Waals surface area contributed by atoms with Crippen LogP contribution in [0.5, 0.6) is 0 Å². The fraction of sp³-hybridized carbons (Fsp3) is 0.647. The smallest absolute Gasteiger partial charge is 0.0332 e. The monoisotopic (exact) mass is 338 g/mol. The maximum atomic E-state index is 3.62. The molecular weight excluding hydrogens is 312 g/mol. The highest BCUT2D eigenvalue weighted by Gasteiger charge is 2.24. The van der Waals surface area contributed by atoms with Gasteiger partial charge in [-0.3, -0.25) is 0 Å². The van der Waals surface area contributed by atoms with Crippen LogP contribution in [0.25, 0.3) is 0 Å². The molecule has 1 N–H and O–H groups in total. The van der Waals surface area contributed by atoms with E-state index in [9.17, 15) is 0 Å². The number of benzene rings is 1. The standard InChI is InChI=1S/C17H27BrN2/c1-3-19-17(15-7-9-16(18)10-8-15)11-12-20(4-2)13-14-5-6-14/h7-10,14,17,19H,3-6,11-13H2,1-2H3. The van der Waals surface area contributed by atoms with Crippen molar-refractivity contribution in [3.63, 3.8) is 0 Å². The second kappa shape index (κ2) is 8.16. The minimum Gasteiger partial charge on any atom is -0.310 e. The molecule has 112 valence electrons. The third kappa shape index (κ3) is 5.19. The maximum Gasteiger partial charge on any atom is 0.0332 e. The Morgan fingerprint density at radius 2 is 1.95 bits per heavy atom. The Kier molecular flexibility index (Phi) is 6.53. The van der Waals surface area contributed by atoms with E-state index in [4.69, 9.17) is 0 Å². The minimum absolute atomic E-state index is 0.473. The van der Waals surface area contributed by atoms with Gasteiger partial charge >= 0.3 is 0 Å². The Morgan fingerprint density at radius 1 is 1.25 bits per heavy atom. The minimum atomic E-state index is 0.473. The molecule has 20 heavy (non-hydrogen) atoms. The lowest BCUT2D eigenvalue weighted by atomic mass is 10.0. The molecule has 0 aromatic heterocycles. The molecule has 2 nitrogen and oxygen atoms in total. The first-order valence-electron chi connectivity index (χ1n) is 7.94. The van der Waals surface area contributed by atoms with Crippen LogP contribution in [-0.4, -0.2) is 31.1 Å². The van der Waals surface area contributed by atoms with Gasteiger partial charge in [0.1, 0.15) is 0 Å². The maximum absolute atomic E-state index is 3.62. The Hall–Kier alpha value is -0.380. The van der Waals surface area contributed by atoms with Gasteiger partial charge in [-0.1, -0.05) is 41.9 Å². The zero-order valence-electron chi connectivity index (χ0n) is 12.7. The number of nitrogens with zero attached hydrogens (tertiary/aromatic N) is 1. The molecule has 1 saturated carbocycles. The van der Waals surface area contributed by atoms with Crippen LogP contribution < -0.4 is 5.32 Å². The number of nitrogens with one attached hydrogen (secondary N) is 1. The fourth-order valence-corrected chi connectivity index (χ4v) is 2.95. The number of hydrogen-bond acceptors (Lipinski definition) is 2. The topological polar surface area (TPSA) is 15.3 Å². The van der Waals surface area contributed by atoms with Gasteiger partial charge in [0.2, 0.25) is 0 Å². The number of halogens is 1. The first-order valence-corrected chi connectivity index (χ1v) is 8.73. The van der Waals surface area contributed by atoms with Gasteiger partial charge in [-0.25, -0.2) is 0 Å². The van der Waals surface area contributed by atoms with Crippen LogP contribution in [0.2, 0.25) is 0 Å². The van der Waals surface area contributed by atoms with E-state index in [1.54, 1.807) is 0 Å².